The lowest BCUT2D eigenvalue weighted by molar-refractivity contribution is -0.149. The van der Waals surface area contributed by atoms with Crippen LogP contribution in [0.15, 0.2) is 30.3 Å². The zero-order chi connectivity index (χ0) is 20.8. The van der Waals surface area contributed by atoms with Gasteiger partial charge in [-0.25, -0.2) is 4.79 Å². The molecule has 1 aromatic carbocycles. The van der Waals surface area contributed by atoms with E-state index in [4.69, 9.17) is 4.74 Å². The van der Waals surface area contributed by atoms with Crippen LogP contribution in [0.1, 0.15) is 32.8 Å². The summed E-state index contributed by atoms with van der Waals surface area (Å²) in [5.74, 6) is -2.80. The molecule has 154 valence electrons. The van der Waals surface area contributed by atoms with Crippen molar-refractivity contribution in [3.05, 3.63) is 35.9 Å². The van der Waals surface area contributed by atoms with Crippen molar-refractivity contribution >= 4 is 17.8 Å². The summed E-state index contributed by atoms with van der Waals surface area (Å²) >= 11 is 0. The Kier molecular flexibility index (Phi) is 7.53. The summed E-state index contributed by atoms with van der Waals surface area (Å²) in [5.41, 5.74) is 0.968. The van der Waals surface area contributed by atoms with E-state index < -0.39 is 42.1 Å². The van der Waals surface area contributed by atoms with Crippen LogP contribution in [-0.4, -0.2) is 63.7 Å². The molecule has 8 heteroatoms. The third-order valence-electron chi connectivity index (χ3n) is 4.89. The number of likely N-dealkylation sites (tertiary alicyclic amines) is 1. The minimum atomic E-state index is -1.09. The maximum Gasteiger partial charge on any atom is 0.326 e. The van der Waals surface area contributed by atoms with Gasteiger partial charge in [-0.1, -0.05) is 44.2 Å². The van der Waals surface area contributed by atoms with Crippen LogP contribution in [-0.2, 0) is 25.7 Å². The number of amides is 1. The van der Waals surface area contributed by atoms with Crippen LogP contribution in [0.25, 0.3) is 0 Å². The summed E-state index contributed by atoms with van der Waals surface area (Å²) in [6.45, 7) is 5.53. The summed E-state index contributed by atoms with van der Waals surface area (Å²) in [6, 6.07) is 6.81. The number of aliphatic carboxylic acids is 2. The standard InChI is InChI=1S/C20H28N2O6/c1-12(2)17(20(26)27)21-13(3)18(23)22-10-15(9-16(22)19(24)25)28-11-14-7-5-4-6-8-14/h4-8,12-13,15-17,21H,9-11H2,1-3H3,(H,24,25)(H,26,27)/t13-,15?,16-,17?/m0/s1. The van der Waals surface area contributed by atoms with Gasteiger partial charge < -0.3 is 19.8 Å². The highest BCUT2D eigenvalue weighted by atomic mass is 16.5. The van der Waals surface area contributed by atoms with E-state index >= 15 is 0 Å². The highest BCUT2D eigenvalue weighted by Gasteiger charge is 2.42. The molecular weight excluding hydrogens is 364 g/mol. The van der Waals surface area contributed by atoms with E-state index in [1.165, 1.54) is 4.90 Å². The second-order valence-electron chi connectivity index (χ2n) is 7.45. The average Bonchev–Trinajstić information content (AvgIpc) is 3.08. The van der Waals surface area contributed by atoms with Crippen molar-refractivity contribution < 1.29 is 29.3 Å². The van der Waals surface area contributed by atoms with Crippen LogP contribution >= 0.6 is 0 Å². The third kappa shape index (κ3) is 5.53. The van der Waals surface area contributed by atoms with Gasteiger partial charge in [-0.15, -0.1) is 0 Å². The minimum absolute atomic E-state index is 0.161. The number of carbonyl (C=O) groups is 3. The van der Waals surface area contributed by atoms with E-state index in [-0.39, 0.29) is 18.9 Å². The highest BCUT2D eigenvalue weighted by Crippen LogP contribution is 2.23. The summed E-state index contributed by atoms with van der Waals surface area (Å²) < 4.78 is 5.82. The molecule has 1 aromatic rings. The topological polar surface area (TPSA) is 116 Å². The lowest BCUT2D eigenvalue weighted by atomic mass is 10.0. The Labute approximate surface area is 164 Å². The summed E-state index contributed by atoms with van der Waals surface area (Å²) in [4.78, 5) is 37.1. The molecule has 1 fully saturated rings. The summed E-state index contributed by atoms with van der Waals surface area (Å²) in [6.07, 6.45) is -0.189. The molecule has 0 aliphatic carbocycles. The molecule has 1 saturated heterocycles. The smallest absolute Gasteiger partial charge is 0.326 e. The van der Waals surface area contributed by atoms with Gasteiger partial charge in [-0.2, -0.15) is 0 Å². The number of carbonyl (C=O) groups excluding carboxylic acids is 1. The molecule has 0 aromatic heterocycles. The fraction of sp³-hybridized carbons (Fsp3) is 0.550. The fourth-order valence-corrected chi connectivity index (χ4v) is 3.32. The van der Waals surface area contributed by atoms with E-state index in [1.807, 2.05) is 30.3 Å². The molecule has 2 unspecified atom stereocenters. The van der Waals surface area contributed by atoms with E-state index in [9.17, 15) is 24.6 Å². The van der Waals surface area contributed by atoms with E-state index in [0.29, 0.717) is 6.61 Å². The third-order valence-corrected chi connectivity index (χ3v) is 4.89. The highest BCUT2D eigenvalue weighted by molar-refractivity contribution is 5.88. The Morgan fingerprint density at radius 3 is 2.36 bits per heavy atom. The maximum atomic E-state index is 12.8. The van der Waals surface area contributed by atoms with Crippen molar-refractivity contribution in [1.29, 1.82) is 0 Å². The van der Waals surface area contributed by atoms with Gasteiger partial charge in [0.1, 0.15) is 12.1 Å². The number of nitrogens with one attached hydrogen (secondary N) is 1. The van der Waals surface area contributed by atoms with Gasteiger partial charge in [0.25, 0.3) is 0 Å². The first-order valence-corrected chi connectivity index (χ1v) is 9.38. The number of benzene rings is 1. The average molecular weight is 392 g/mol. The van der Waals surface area contributed by atoms with Gasteiger partial charge in [-0.05, 0) is 18.4 Å². The van der Waals surface area contributed by atoms with Crippen molar-refractivity contribution in [2.24, 2.45) is 5.92 Å². The zero-order valence-electron chi connectivity index (χ0n) is 16.4. The summed E-state index contributed by atoms with van der Waals surface area (Å²) in [7, 11) is 0. The van der Waals surface area contributed by atoms with E-state index in [1.54, 1.807) is 20.8 Å². The first-order chi connectivity index (χ1) is 13.2. The van der Waals surface area contributed by atoms with Gasteiger partial charge in [0.05, 0.1) is 18.8 Å². The van der Waals surface area contributed by atoms with Crippen LogP contribution in [0.2, 0.25) is 0 Å². The second-order valence-corrected chi connectivity index (χ2v) is 7.45. The number of nitrogens with zero attached hydrogens (tertiary/aromatic N) is 1. The molecule has 28 heavy (non-hydrogen) atoms. The SMILES string of the molecule is CC(C)C(N[C@@H](C)C(=O)N1CC(OCc2ccccc2)C[C@H]1C(=O)O)C(=O)O. The number of carboxylic acid groups (broad SMARTS) is 2. The monoisotopic (exact) mass is 392 g/mol. The molecule has 0 radical (unpaired) electrons. The first kappa shape index (κ1) is 21.8. The van der Waals surface area contributed by atoms with Crippen molar-refractivity contribution in [2.45, 2.75) is 58.0 Å². The van der Waals surface area contributed by atoms with Gasteiger partial charge >= 0.3 is 11.9 Å². The molecular formula is C20H28N2O6. The number of carboxylic acids is 2. The van der Waals surface area contributed by atoms with Gasteiger partial charge in [-0.3, -0.25) is 14.9 Å². The lowest BCUT2D eigenvalue weighted by Crippen LogP contribution is -2.54. The van der Waals surface area contributed by atoms with Crippen molar-refractivity contribution in [2.75, 3.05) is 6.54 Å². The Hall–Kier alpha value is -2.45. The Bertz CT molecular complexity index is 693. The maximum absolute atomic E-state index is 12.8. The van der Waals surface area contributed by atoms with Gasteiger partial charge in [0.2, 0.25) is 5.91 Å². The first-order valence-electron chi connectivity index (χ1n) is 9.38. The van der Waals surface area contributed by atoms with Crippen LogP contribution in [0.3, 0.4) is 0 Å². The van der Waals surface area contributed by atoms with Gasteiger partial charge in [0, 0.05) is 13.0 Å². The summed E-state index contributed by atoms with van der Waals surface area (Å²) in [5, 5.41) is 21.6. The molecule has 0 saturated carbocycles. The predicted molar refractivity (Wildman–Crippen MR) is 102 cm³/mol. The van der Waals surface area contributed by atoms with Crippen molar-refractivity contribution in [1.82, 2.24) is 10.2 Å². The zero-order valence-corrected chi connectivity index (χ0v) is 16.4. The number of ether oxygens (including phenoxy) is 1. The Balaban J connectivity index is 2.01. The van der Waals surface area contributed by atoms with E-state index in [2.05, 4.69) is 5.32 Å². The lowest BCUT2D eigenvalue weighted by Gasteiger charge is -2.28. The molecule has 2 rings (SSSR count). The quantitative estimate of drug-likeness (QED) is 0.581. The van der Waals surface area contributed by atoms with E-state index in [0.717, 1.165) is 5.56 Å². The molecule has 3 N–H and O–H groups in total. The second kappa shape index (κ2) is 9.66. The van der Waals surface area contributed by atoms with Crippen molar-refractivity contribution in [3.8, 4) is 0 Å². The molecule has 0 bridgehead atoms. The largest absolute Gasteiger partial charge is 0.480 e. The van der Waals surface area contributed by atoms with Crippen LogP contribution < -0.4 is 5.32 Å². The molecule has 0 spiro atoms. The number of hydrogen-bond donors (Lipinski definition) is 3. The minimum Gasteiger partial charge on any atom is -0.480 e. The fourth-order valence-electron chi connectivity index (χ4n) is 3.32. The van der Waals surface area contributed by atoms with Crippen LogP contribution in [0.4, 0.5) is 0 Å². The van der Waals surface area contributed by atoms with Crippen LogP contribution in [0.5, 0.6) is 0 Å². The normalized spacial score (nSPS) is 21.5. The molecule has 1 aliphatic heterocycles. The Morgan fingerprint density at radius 2 is 1.82 bits per heavy atom. The predicted octanol–water partition coefficient (Wildman–Crippen LogP) is 1.34. The number of rotatable bonds is 9. The molecule has 1 aliphatic rings. The van der Waals surface area contributed by atoms with Gasteiger partial charge in [0.15, 0.2) is 0 Å². The number of hydrogen-bond acceptors (Lipinski definition) is 5. The van der Waals surface area contributed by atoms with Crippen molar-refractivity contribution in [3.63, 3.8) is 0 Å². The Morgan fingerprint density at radius 1 is 1.18 bits per heavy atom. The molecule has 1 amide bonds. The van der Waals surface area contributed by atoms with Crippen LogP contribution in [0, 0.1) is 5.92 Å². The molecule has 4 atom stereocenters. The molecule has 8 nitrogen and oxygen atoms in total. The molecule has 1 heterocycles.